The Hall–Kier alpha value is -0.570. The molecule has 1 spiro atoms. The molecular formula is C16H22ClN3O3S. The van der Waals surface area contributed by atoms with Crippen LogP contribution in [0.25, 0.3) is 0 Å². The number of hydrogen-bond acceptors (Lipinski definition) is 6. The first-order valence-corrected chi connectivity index (χ1v) is 9.77. The predicted octanol–water partition coefficient (Wildman–Crippen LogP) is 1.56. The summed E-state index contributed by atoms with van der Waals surface area (Å²) in [7, 11) is 1.53. The molecule has 3 aliphatic rings. The molecule has 4 rings (SSSR count). The molecule has 0 aliphatic carbocycles. The summed E-state index contributed by atoms with van der Waals surface area (Å²) in [4.78, 5) is 7.22. The Bertz CT molecular complexity index is 600. The summed E-state index contributed by atoms with van der Waals surface area (Å²) in [5.74, 6) is 0.385. The highest BCUT2D eigenvalue weighted by Crippen LogP contribution is 2.44. The van der Waals surface area contributed by atoms with E-state index >= 15 is 0 Å². The van der Waals surface area contributed by atoms with Gasteiger partial charge in [0.25, 0.3) is 5.88 Å². The number of ether oxygens (including phenoxy) is 2. The van der Waals surface area contributed by atoms with Crippen molar-refractivity contribution in [3.63, 3.8) is 0 Å². The fraction of sp³-hybridized carbons (Fsp3) is 0.688. The smallest absolute Gasteiger partial charge is 0.272 e. The third kappa shape index (κ3) is 3.02. The lowest BCUT2D eigenvalue weighted by atomic mass is 9.73. The van der Waals surface area contributed by atoms with Gasteiger partial charge in [-0.3, -0.25) is 4.90 Å². The van der Waals surface area contributed by atoms with E-state index in [1.165, 1.54) is 13.3 Å². The molecule has 132 valence electrons. The summed E-state index contributed by atoms with van der Waals surface area (Å²) in [6.07, 6.45) is 3.78. The fourth-order valence-electron chi connectivity index (χ4n) is 3.97. The van der Waals surface area contributed by atoms with Crippen molar-refractivity contribution >= 4 is 23.0 Å². The Kier molecular flexibility index (Phi) is 4.66. The second-order valence-electron chi connectivity index (χ2n) is 6.96. The van der Waals surface area contributed by atoms with Crippen molar-refractivity contribution in [1.29, 1.82) is 0 Å². The van der Waals surface area contributed by atoms with E-state index in [1.807, 2.05) is 4.31 Å². The van der Waals surface area contributed by atoms with Gasteiger partial charge >= 0.3 is 0 Å². The van der Waals surface area contributed by atoms with E-state index in [-0.39, 0.29) is 0 Å². The molecule has 1 aromatic rings. The lowest BCUT2D eigenvalue weighted by Crippen LogP contribution is -2.74. The molecule has 6 nitrogen and oxygen atoms in total. The van der Waals surface area contributed by atoms with Crippen LogP contribution in [0.5, 0.6) is 5.88 Å². The molecular weight excluding hydrogens is 350 g/mol. The van der Waals surface area contributed by atoms with Crippen LogP contribution in [-0.4, -0.2) is 71.3 Å². The molecule has 1 aromatic heterocycles. The summed E-state index contributed by atoms with van der Waals surface area (Å²) in [6.45, 7) is 5.69. The summed E-state index contributed by atoms with van der Waals surface area (Å²) < 4.78 is 25.4. The average molecular weight is 372 g/mol. The highest BCUT2D eigenvalue weighted by atomic mass is 35.5. The monoisotopic (exact) mass is 371 g/mol. The molecule has 0 N–H and O–H groups in total. The first-order chi connectivity index (χ1) is 11.6. The van der Waals surface area contributed by atoms with Crippen LogP contribution < -0.4 is 4.74 Å². The number of likely N-dealkylation sites (tertiary alicyclic amines) is 1. The van der Waals surface area contributed by atoms with E-state index < -0.39 is 11.4 Å². The third-order valence-electron chi connectivity index (χ3n) is 5.21. The van der Waals surface area contributed by atoms with E-state index in [0.717, 1.165) is 52.2 Å². The molecule has 0 aromatic carbocycles. The molecule has 3 fully saturated rings. The SMILES string of the molecule is COc1ncc(Cl)cc1[S+]([O-])N1CC2(CN(C3CCOCC3)C2)C1. The van der Waals surface area contributed by atoms with Crippen LogP contribution in [0.3, 0.4) is 0 Å². The lowest BCUT2D eigenvalue weighted by molar-refractivity contribution is -0.116. The predicted molar refractivity (Wildman–Crippen MR) is 91.6 cm³/mol. The molecule has 1 atom stereocenters. The van der Waals surface area contributed by atoms with Crippen LogP contribution in [0.2, 0.25) is 5.02 Å². The minimum Gasteiger partial charge on any atom is -0.593 e. The molecule has 4 heterocycles. The van der Waals surface area contributed by atoms with Crippen molar-refractivity contribution in [2.45, 2.75) is 23.8 Å². The van der Waals surface area contributed by atoms with Gasteiger partial charge in [0, 0.05) is 50.0 Å². The molecule has 0 radical (unpaired) electrons. The van der Waals surface area contributed by atoms with Crippen molar-refractivity contribution < 1.29 is 14.0 Å². The zero-order chi connectivity index (χ0) is 16.7. The van der Waals surface area contributed by atoms with E-state index in [4.69, 9.17) is 21.1 Å². The number of halogens is 1. The second-order valence-corrected chi connectivity index (χ2v) is 8.85. The summed E-state index contributed by atoms with van der Waals surface area (Å²) in [5, 5.41) is 0.476. The van der Waals surface area contributed by atoms with Gasteiger partial charge in [-0.05, 0) is 12.8 Å². The van der Waals surface area contributed by atoms with Crippen LogP contribution in [0.15, 0.2) is 17.2 Å². The zero-order valence-electron chi connectivity index (χ0n) is 13.7. The number of aromatic nitrogens is 1. The maximum atomic E-state index is 12.8. The number of nitrogens with zero attached hydrogens (tertiary/aromatic N) is 3. The molecule has 0 amide bonds. The summed E-state index contributed by atoms with van der Waals surface area (Å²) in [5.41, 5.74) is 0.313. The third-order valence-corrected chi connectivity index (χ3v) is 6.81. The zero-order valence-corrected chi connectivity index (χ0v) is 15.3. The minimum absolute atomic E-state index is 0.313. The number of rotatable bonds is 4. The van der Waals surface area contributed by atoms with Crippen molar-refractivity contribution in [2.75, 3.05) is 46.5 Å². The Balaban J connectivity index is 1.34. The van der Waals surface area contributed by atoms with Gasteiger partial charge < -0.3 is 14.0 Å². The first-order valence-electron chi connectivity index (χ1n) is 8.28. The largest absolute Gasteiger partial charge is 0.593 e. The molecule has 24 heavy (non-hydrogen) atoms. The van der Waals surface area contributed by atoms with E-state index in [9.17, 15) is 4.55 Å². The van der Waals surface area contributed by atoms with Gasteiger partial charge in [0.05, 0.1) is 36.6 Å². The number of hydrogen-bond donors (Lipinski definition) is 0. The molecule has 0 bridgehead atoms. The van der Waals surface area contributed by atoms with Crippen LogP contribution in [0.1, 0.15) is 12.8 Å². The summed E-state index contributed by atoms with van der Waals surface area (Å²) in [6, 6.07) is 2.35. The maximum absolute atomic E-state index is 12.8. The van der Waals surface area contributed by atoms with Crippen LogP contribution >= 0.6 is 11.6 Å². The van der Waals surface area contributed by atoms with Crippen molar-refractivity contribution in [3.8, 4) is 5.88 Å². The number of pyridine rings is 1. The topological polar surface area (TPSA) is 60.9 Å². The quantitative estimate of drug-likeness (QED) is 0.749. The van der Waals surface area contributed by atoms with Gasteiger partial charge in [-0.1, -0.05) is 11.6 Å². The van der Waals surface area contributed by atoms with Gasteiger partial charge in [-0.25, -0.2) is 4.98 Å². The molecule has 3 saturated heterocycles. The van der Waals surface area contributed by atoms with Gasteiger partial charge in [0.15, 0.2) is 0 Å². The van der Waals surface area contributed by atoms with Crippen LogP contribution in [0, 0.1) is 5.41 Å². The van der Waals surface area contributed by atoms with Gasteiger partial charge in [0.2, 0.25) is 4.90 Å². The first kappa shape index (κ1) is 16.9. The Labute approximate surface area is 150 Å². The van der Waals surface area contributed by atoms with Gasteiger partial charge in [-0.2, -0.15) is 0 Å². The normalized spacial score (nSPS) is 26.0. The van der Waals surface area contributed by atoms with Crippen molar-refractivity contribution in [1.82, 2.24) is 14.2 Å². The van der Waals surface area contributed by atoms with E-state index in [2.05, 4.69) is 9.88 Å². The molecule has 1 unspecified atom stereocenters. The number of methoxy groups -OCH3 is 1. The highest BCUT2D eigenvalue weighted by Gasteiger charge is 2.57. The van der Waals surface area contributed by atoms with E-state index in [1.54, 1.807) is 6.07 Å². The lowest BCUT2D eigenvalue weighted by Gasteiger charge is -2.60. The maximum Gasteiger partial charge on any atom is 0.272 e. The standard InChI is InChI=1S/C16H22ClN3O3S/c1-22-15-14(6-12(17)7-18-15)24(21)20-10-16(11-20)8-19(9-16)13-2-4-23-5-3-13/h6-7,13H,2-5,8-11H2,1H3. The molecule has 8 heteroatoms. The summed E-state index contributed by atoms with van der Waals surface area (Å²) >= 11 is 4.72. The van der Waals surface area contributed by atoms with Gasteiger partial charge in [-0.15, -0.1) is 4.31 Å². The fourth-order valence-corrected chi connectivity index (χ4v) is 5.76. The van der Waals surface area contributed by atoms with Crippen LogP contribution in [-0.2, 0) is 16.1 Å². The van der Waals surface area contributed by atoms with Crippen molar-refractivity contribution in [3.05, 3.63) is 17.3 Å². The minimum atomic E-state index is -1.27. The Morgan fingerprint density at radius 2 is 2.04 bits per heavy atom. The average Bonchev–Trinajstić information content (AvgIpc) is 2.53. The Morgan fingerprint density at radius 1 is 1.33 bits per heavy atom. The second kappa shape index (κ2) is 6.63. The highest BCUT2D eigenvalue weighted by molar-refractivity contribution is 7.89. The van der Waals surface area contributed by atoms with Gasteiger partial charge in [0.1, 0.15) is 0 Å². The Morgan fingerprint density at radius 3 is 2.71 bits per heavy atom. The van der Waals surface area contributed by atoms with Crippen molar-refractivity contribution in [2.24, 2.45) is 5.41 Å². The van der Waals surface area contributed by atoms with E-state index in [0.29, 0.717) is 27.3 Å². The molecule has 3 aliphatic heterocycles. The van der Waals surface area contributed by atoms with Crippen LogP contribution in [0.4, 0.5) is 0 Å². The molecule has 0 saturated carbocycles.